The van der Waals surface area contributed by atoms with Gasteiger partial charge in [-0.05, 0) is 18.9 Å². The number of rotatable bonds is 6. The minimum absolute atomic E-state index is 0.141. The van der Waals surface area contributed by atoms with Gasteiger partial charge in [0.2, 0.25) is 0 Å². The van der Waals surface area contributed by atoms with Gasteiger partial charge in [-0.3, -0.25) is 9.67 Å². The molecule has 3 heterocycles. The van der Waals surface area contributed by atoms with Gasteiger partial charge in [-0.1, -0.05) is 0 Å². The molecule has 2 aromatic heterocycles. The summed E-state index contributed by atoms with van der Waals surface area (Å²) in [5.74, 6) is 0.474. The first-order chi connectivity index (χ1) is 11.6. The molecule has 0 spiro atoms. The molecule has 0 unspecified atom stereocenters. The third kappa shape index (κ3) is 3.94. The zero-order chi connectivity index (χ0) is 16.9. The van der Waals surface area contributed by atoms with E-state index in [1.165, 1.54) is 23.2 Å². The molecule has 0 bridgehead atoms. The molecule has 3 rings (SSSR count). The second-order valence-electron chi connectivity index (χ2n) is 6.67. The van der Waals surface area contributed by atoms with E-state index in [0.717, 1.165) is 26.1 Å². The lowest BCUT2D eigenvalue weighted by Gasteiger charge is -2.31. The van der Waals surface area contributed by atoms with Crippen molar-refractivity contribution in [3.8, 4) is 0 Å². The molecule has 2 atom stereocenters. The molecule has 24 heavy (non-hydrogen) atoms. The first kappa shape index (κ1) is 16.9. The van der Waals surface area contributed by atoms with Gasteiger partial charge in [0, 0.05) is 82.2 Å². The highest BCUT2D eigenvalue weighted by Crippen LogP contribution is 2.33. The first-order valence-electron chi connectivity index (χ1n) is 8.56. The molecule has 130 valence electrons. The molecule has 1 aliphatic heterocycles. The lowest BCUT2D eigenvalue weighted by molar-refractivity contribution is -0.0279. The van der Waals surface area contributed by atoms with Crippen LogP contribution in [0.5, 0.6) is 0 Å². The van der Waals surface area contributed by atoms with Crippen LogP contribution < -0.4 is 10.2 Å². The Hall–Kier alpha value is -1.92. The van der Waals surface area contributed by atoms with Gasteiger partial charge in [0.1, 0.15) is 0 Å². The summed E-state index contributed by atoms with van der Waals surface area (Å²) in [4.78, 5) is 6.38. The van der Waals surface area contributed by atoms with Crippen molar-refractivity contribution in [1.29, 1.82) is 0 Å². The van der Waals surface area contributed by atoms with Gasteiger partial charge in [0.05, 0.1) is 12.3 Å². The molecular weight excluding hydrogens is 302 g/mol. The number of anilines is 1. The van der Waals surface area contributed by atoms with Crippen LogP contribution >= 0.6 is 0 Å². The van der Waals surface area contributed by atoms with E-state index in [1.807, 2.05) is 30.3 Å². The minimum atomic E-state index is 0.141. The summed E-state index contributed by atoms with van der Waals surface area (Å²) in [6.45, 7) is 2.59. The lowest BCUT2D eigenvalue weighted by atomic mass is 9.91. The molecule has 0 aromatic carbocycles. The number of hydrogen-bond donors (Lipinski definition) is 1. The minimum Gasteiger partial charge on any atom is -0.377 e. The van der Waals surface area contributed by atoms with E-state index in [2.05, 4.69) is 46.7 Å². The Kier molecular flexibility index (Phi) is 5.48. The summed E-state index contributed by atoms with van der Waals surface area (Å²) in [5, 5.41) is 7.89. The van der Waals surface area contributed by atoms with Crippen LogP contribution in [0.4, 0.5) is 5.69 Å². The Morgan fingerprint density at radius 1 is 1.38 bits per heavy atom. The van der Waals surface area contributed by atoms with Crippen LogP contribution in [0.25, 0.3) is 0 Å². The molecule has 1 saturated heterocycles. The van der Waals surface area contributed by atoms with Crippen LogP contribution in [0, 0.1) is 5.92 Å². The molecule has 0 amide bonds. The average Bonchev–Trinajstić information content (AvgIpc) is 3.02. The van der Waals surface area contributed by atoms with Crippen molar-refractivity contribution in [1.82, 2.24) is 20.1 Å². The Labute approximate surface area is 143 Å². The Balaban J connectivity index is 1.61. The number of pyridine rings is 1. The third-order valence-electron chi connectivity index (χ3n) is 4.58. The summed E-state index contributed by atoms with van der Waals surface area (Å²) >= 11 is 0. The van der Waals surface area contributed by atoms with Crippen molar-refractivity contribution < 1.29 is 4.74 Å². The second-order valence-corrected chi connectivity index (χ2v) is 6.67. The summed E-state index contributed by atoms with van der Waals surface area (Å²) in [5.41, 5.74) is 3.61. The van der Waals surface area contributed by atoms with Gasteiger partial charge in [0.25, 0.3) is 0 Å². The molecule has 6 heteroatoms. The van der Waals surface area contributed by atoms with Crippen LogP contribution in [-0.4, -0.2) is 42.0 Å². The van der Waals surface area contributed by atoms with Gasteiger partial charge in [-0.2, -0.15) is 5.10 Å². The lowest BCUT2D eigenvalue weighted by Crippen LogP contribution is -2.32. The smallest absolute Gasteiger partial charge is 0.0895 e. The van der Waals surface area contributed by atoms with Crippen molar-refractivity contribution in [3.63, 3.8) is 0 Å². The van der Waals surface area contributed by atoms with Crippen LogP contribution in [0.3, 0.4) is 0 Å². The van der Waals surface area contributed by atoms with Crippen molar-refractivity contribution in [2.75, 3.05) is 32.1 Å². The number of nitrogens with one attached hydrogen (secondary N) is 1. The monoisotopic (exact) mass is 329 g/mol. The first-order valence-corrected chi connectivity index (χ1v) is 8.56. The number of aromatic nitrogens is 3. The van der Waals surface area contributed by atoms with Crippen molar-refractivity contribution in [2.24, 2.45) is 13.0 Å². The van der Waals surface area contributed by atoms with Gasteiger partial charge in [-0.15, -0.1) is 0 Å². The topological polar surface area (TPSA) is 55.2 Å². The zero-order valence-corrected chi connectivity index (χ0v) is 14.8. The summed E-state index contributed by atoms with van der Waals surface area (Å²) in [6, 6.07) is 2.05. The molecule has 1 N–H and O–H groups in total. The Bertz CT molecular complexity index is 654. The van der Waals surface area contributed by atoms with E-state index in [-0.39, 0.29) is 6.10 Å². The van der Waals surface area contributed by atoms with Crippen LogP contribution in [-0.2, 0) is 18.3 Å². The van der Waals surface area contributed by atoms with Crippen LogP contribution in [0.2, 0.25) is 0 Å². The summed E-state index contributed by atoms with van der Waals surface area (Å²) in [7, 11) is 6.07. The maximum atomic E-state index is 6.04. The quantitative estimate of drug-likeness (QED) is 0.880. The van der Waals surface area contributed by atoms with Crippen molar-refractivity contribution in [2.45, 2.75) is 25.5 Å². The molecule has 1 aliphatic rings. The summed E-state index contributed by atoms with van der Waals surface area (Å²) in [6.07, 6.45) is 10.2. The highest BCUT2D eigenvalue weighted by molar-refractivity contribution is 5.50. The number of aryl methyl sites for hydroxylation is 1. The molecule has 6 nitrogen and oxygen atoms in total. The zero-order valence-electron chi connectivity index (χ0n) is 14.8. The fourth-order valence-corrected chi connectivity index (χ4v) is 3.39. The molecule has 0 saturated carbocycles. The van der Waals surface area contributed by atoms with Gasteiger partial charge < -0.3 is 15.0 Å². The maximum absolute atomic E-state index is 6.04. The Morgan fingerprint density at radius 3 is 3.00 bits per heavy atom. The third-order valence-corrected chi connectivity index (χ3v) is 4.58. The molecule has 2 aromatic rings. The molecule has 0 radical (unpaired) electrons. The fraction of sp³-hybridized carbons (Fsp3) is 0.556. The normalized spacial score (nSPS) is 21.0. The molecule has 0 aliphatic carbocycles. The highest BCUT2D eigenvalue weighted by Gasteiger charge is 2.28. The predicted molar refractivity (Wildman–Crippen MR) is 94.9 cm³/mol. The summed E-state index contributed by atoms with van der Waals surface area (Å²) < 4.78 is 7.88. The number of ether oxygens (including phenoxy) is 1. The van der Waals surface area contributed by atoms with E-state index in [4.69, 9.17) is 4.74 Å². The maximum Gasteiger partial charge on any atom is 0.0895 e. The second kappa shape index (κ2) is 7.77. The van der Waals surface area contributed by atoms with Crippen LogP contribution in [0.1, 0.15) is 30.1 Å². The van der Waals surface area contributed by atoms with Gasteiger partial charge in [-0.25, -0.2) is 0 Å². The SMILES string of the molecule is CN(C)c1ccncc1CNC[C@@H]1CCCO[C@H]1c1cnn(C)c1. The average molecular weight is 329 g/mol. The largest absolute Gasteiger partial charge is 0.377 e. The van der Waals surface area contributed by atoms with E-state index in [0.29, 0.717) is 5.92 Å². The highest BCUT2D eigenvalue weighted by atomic mass is 16.5. The number of nitrogens with zero attached hydrogens (tertiary/aromatic N) is 4. The van der Waals surface area contributed by atoms with Crippen LogP contribution in [0.15, 0.2) is 30.9 Å². The van der Waals surface area contributed by atoms with Gasteiger partial charge >= 0.3 is 0 Å². The van der Waals surface area contributed by atoms with E-state index in [9.17, 15) is 0 Å². The van der Waals surface area contributed by atoms with Crippen molar-refractivity contribution in [3.05, 3.63) is 42.0 Å². The molecule has 1 fully saturated rings. The van der Waals surface area contributed by atoms with E-state index in [1.54, 1.807) is 0 Å². The molecular formula is C18H27N5O. The predicted octanol–water partition coefficient (Wildman–Crippen LogP) is 2.14. The van der Waals surface area contributed by atoms with E-state index < -0.39 is 0 Å². The fourth-order valence-electron chi connectivity index (χ4n) is 3.39. The van der Waals surface area contributed by atoms with Gasteiger partial charge in [0.15, 0.2) is 0 Å². The van der Waals surface area contributed by atoms with E-state index >= 15 is 0 Å². The number of hydrogen-bond acceptors (Lipinski definition) is 5. The van der Waals surface area contributed by atoms with Crippen molar-refractivity contribution >= 4 is 5.69 Å². The Morgan fingerprint density at radius 2 is 2.25 bits per heavy atom. The standard InChI is InChI=1S/C18H27N5O/c1-22(2)17-6-7-19-10-15(17)11-20-9-14-5-4-8-24-18(14)16-12-21-23(3)13-16/h6-7,10,12-14,18,20H,4-5,8-9,11H2,1-3H3/t14-,18+/m0/s1.